The van der Waals surface area contributed by atoms with Crippen LogP contribution in [-0.4, -0.2) is 56.5 Å². The molecule has 202 valence electrons. The van der Waals surface area contributed by atoms with Crippen LogP contribution in [0.5, 0.6) is 0 Å². The quantitative estimate of drug-likeness (QED) is 0.404. The molecule has 0 saturated carbocycles. The summed E-state index contributed by atoms with van der Waals surface area (Å²) >= 11 is 1.60. The van der Waals surface area contributed by atoms with Gasteiger partial charge >= 0.3 is 0 Å². The van der Waals surface area contributed by atoms with Crippen LogP contribution in [0.3, 0.4) is 0 Å². The van der Waals surface area contributed by atoms with Crippen LogP contribution in [0.1, 0.15) is 57.0 Å². The third-order valence-corrected chi connectivity index (χ3v) is 7.97. The second-order valence-electron chi connectivity index (χ2n) is 11.1. The van der Waals surface area contributed by atoms with E-state index in [-0.39, 0.29) is 30.8 Å². The highest BCUT2D eigenvalue weighted by molar-refractivity contribution is 7.13. The van der Waals surface area contributed by atoms with Crippen LogP contribution in [0.25, 0.3) is 10.4 Å². The Morgan fingerprint density at radius 2 is 1.95 bits per heavy atom. The van der Waals surface area contributed by atoms with Crippen LogP contribution in [-0.2, 0) is 16.1 Å². The summed E-state index contributed by atoms with van der Waals surface area (Å²) in [6.07, 6.45) is 2.94. The Morgan fingerprint density at radius 1 is 1.21 bits per heavy atom. The van der Waals surface area contributed by atoms with E-state index in [1.807, 2.05) is 76.5 Å². The molecule has 0 aliphatic carbocycles. The second kappa shape index (κ2) is 11.7. The number of thiazole rings is 1. The van der Waals surface area contributed by atoms with Gasteiger partial charge in [0.15, 0.2) is 0 Å². The molecule has 2 amide bonds. The summed E-state index contributed by atoms with van der Waals surface area (Å²) in [6.45, 7) is 10.5. The summed E-state index contributed by atoms with van der Waals surface area (Å²) in [7, 11) is 0. The molecule has 38 heavy (non-hydrogen) atoms. The lowest BCUT2D eigenvalue weighted by atomic mass is 9.85. The lowest BCUT2D eigenvalue weighted by Gasteiger charge is -2.35. The molecule has 4 rings (SSSR count). The number of hydrogen-bond donors (Lipinski definition) is 3. The van der Waals surface area contributed by atoms with E-state index in [0.717, 1.165) is 27.3 Å². The van der Waals surface area contributed by atoms with Gasteiger partial charge in [-0.2, -0.15) is 0 Å². The topological polar surface area (TPSA) is 107 Å². The van der Waals surface area contributed by atoms with Crippen molar-refractivity contribution in [3.63, 3.8) is 0 Å². The molecule has 8 nitrogen and oxygen atoms in total. The number of carbonyl (C=O) groups excluding carboxylic acids is 2. The Hall–Kier alpha value is -3.14. The summed E-state index contributed by atoms with van der Waals surface area (Å²) < 4.78 is 0. The lowest BCUT2D eigenvalue weighted by molar-refractivity contribution is -0.142. The van der Waals surface area contributed by atoms with Crippen LogP contribution < -0.4 is 10.6 Å². The molecule has 3 heterocycles. The van der Waals surface area contributed by atoms with Crippen molar-refractivity contribution in [1.29, 1.82) is 0 Å². The molecule has 9 heteroatoms. The van der Waals surface area contributed by atoms with Crippen molar-refractivity contribution in [2.45, 2.75) is 71.8 Å². The Balaban J connectivity index is 1.44. The fourth-order valence-electron chi connectivity index (χ4n) is 4.85. The molecule has 0 spiro atoms. The zero-order chi connectivity index (χ0) is 27.4. The minimum absolute atomic E-state index is 0.134. The SMILES string of the molecule is Cc1ncsc1-c1ccc([C@H](C)NC(=O)[C@@H]2C[C@@H](O)CN2C(=O)[C@@H](NCc2cccnc2)C(C)(C)C)cc1. The van der Waals surface area contributed by atoms with Crippen molar-refractivity contribution in [1.82, 2.24) is 25.5 Å². The Bertz CT molecular complexity index is 1240. The highest BCUT2D eigenvalue weighted by Gasteiger charge is 2.44. The van der Waals surface area contributed by atoms with E-state index in [4.69, 9.17) is 0 Å². The number of hydrogen-bond acceptors (Lipinski definition) is 7. The number of nitrogens with zero attached hydrogens (tertiary/aromatic N) is 3. The van der Waals surface area contributed by atoms with Crippen molar-refractivity contribution in [2.75, 3.05) is 6.54 Å². The molecular weight excluding hydrogens is 498 g/mol. The predicted molar refractivity (Wildman–Crippen MR) is 149 cm³/mol. The van der Waals surface area contributed by atoms with E-state index in [2.05, 4.69) is 20.6 Å². The van der Waals surface area contributed by atoms with Gasteiger partial charge in [0.1, 0.15) is 6.04 Å². The number of aromatic nitrogens is 2. The van der Waals surface area contributed by atoms with Crippen LogP contribution in [0.2, 0.25) is 0 Å². The minimum atomic E-state index is -0.745. The molecule has 3 aromatic rings. The van der Waals surface area contributed by atoms with Crippen molar-refractivity contribution in [2.24, 2.45) is 5.41 Å². The first kappa shape index (κ1) is 27.9. The second-order valence-corrected chi connectivity index (χ2v) is 11.9. The monoisotopic (exact) mass is 535 g/mol. The molecular formula is C29H37N5O3S. The normalized spacial score (nSPS) is 19.3. The van der Waals surface area contributed by atoms with Gasteiger partial charge in [-0.15, -0.1) is 11.3 Å². The molecule has 0 radical (unpaired) electrons. The third-order valence-electron chi connectivity index (χ3n) is 6.99. The van der Waals surface area contributed by atoms with E-state index in [1.54, 1.807) is 23.7 Å². The van der Waals surface area contributed by atoms with Gasteiger partial charge in [0, 0.05) is 31.9 Å². The summed E-state index contributed by atoms with van der Waals surface area (Å²) in [4.78, 5) is 38.3. The maximum absolute atomic E-state index is 13.8. The van der Waals surface area contributed by atoms with E-state index < -0.39 is 23.6 Å². The highest BCUT2D eigenvalue weighted by Crippen LogP contribution is 2.29. The van der Waals surface area contributed by atoms with Gasteiger partial charge in [-0.3, -0.25) is 14.6 Å². The van der Waals surface area contributed by atoms with E-state index in [9.17, 15) is 14.7 Å². The van der Waals surface area contributed by atoms with Crippen LogP contribution >= 0.6 is 11.3 Å². The lowest BCUT2D eigenvalue weighted by Crippen LogP contribution is -2.56. The van der Waals surface area contributed by atoms with Crippen molar-refractivity contribution >= 4 is 23.2 Å². The largest absolute Gasteiger partial charge is 0.391 e. The molecule has 3 N–H and O–H groups in total. The van der Waals surface area contributed by atoms with Crippen molar-refractivity contribution < 1.29 is 14.7 Å². The first-order valence-electron chi connectivity index (χ1n) is 13.0. The van der Waals surface area contributed by atoms with E-state index in [0.29, 0.717) is 6.54 Å². The predicted octanol–water partition coefficient (Wildman–Crippen LogP) is 3.86. The summed E-state index contributed by atoms with van der Waals surface area (Å²) in [5.74, 6) is -0.445. The van der Waals surface area contributed by atoms with E-state index in [1.165, 1.54) is 4.90 Å². The molecule has 1 aliphatic rings. The number of amides is 2. The average molecular weight is 536 g/mol. The van der Waals surface area contributed by atoms with Gasteiger partial charge in [-0.05, 0) is 42.0 Å². The summed E-state index contributed by atoms with van der Waals surface area (Å²) in [5.41, 5.74) is 5.46. The third kappa shape index (κ3) is 6.46. The molecule has 4 atom stereocenters. The zero-order valence-electron chi connectivity index (χ0n) is 22.6. The fraction of sp³-hybridized carbons (Fsp3) is 0.448. The molecule has 1 saturated heterocycles. The minimum Gasteiger partial charge on any atom is -0.391 e. The summed E-state index contributed by atoms with van der Waals surface area (Å²) in [6, 6.07) is 10.4. The van der Waals surface area contributed by atoms with Crippen molar-refractivity contribution in [3.05, 3.63) is 71.1 Å². The standard InChI is InChI=1S/C29H37N5O3S/c1-18(21-8-10-22(11-9-21)25-19(2)32-17-38-25)33-27(36)24-13-23(35)16-34(24)28(37)26(29(3,4)5)31-15-20-7-6-12-30-14-20/h6-12,14,17-18,23-24,26,31,35H,13,15-16H2,1-5H3,(H,33,36)/t18-,23+,24-,26+/m0/s1. The maximum atomic E-state index is 13.8. The van der Waals surface area contributed by atoms with Crippen LogP contribution in [0.4, 0.5) is 0 Å². The Kier molecular flexibility index (Phi) is 8.60. The number of rotatable bonds is 8. The average Bonchev–Trinajstić information content (AvgIpc) is 3.49. The van der Waals surface area contributed by atoms with E-state index >= 15 is 0 Å². The fourth-order valence-corrected chi connectivity index (χ4v) is 5.66. The maximum Gasteiger partial charge on any atom is 0.243 e. The molecule has 1 fully saturated rings. The zero-order valence-corrected chi connectivity index (χ0v) is 23.5. The smallest absolute Gasteiger partial charge is 0.243 e. The van der Waals surface area contributed by atoms with Gasteiger partial charge in [0.05, 0.1) is 34.3 Å². The molecule has 0 bridgehead atoms. The summed E-state index contributed by atoms with van der Waals surface area (Å²) in [5, 5.41) is 16.9. The molecule has 1 aromatic carbocycles. The number of aryl methyl sites for hydroxylation is 1. The number of aliphatic hydroxyl groups is 1. The molecule has 0 unspecified atom stereocenters. The molecule has 2 aromatic heterocycles. The molecule has 1 aliphatic heterocycles. The Morgan fingerprint density at radius 3 is 2.55 bits per heavy atom. The number of likely N-dealkylation sites (tertiary alicyclic amines) is 1. The van der Waals surface area contributed by atoms with Crippen LogP contribution in [0.15, 0.2) is 54.3 Å². The van der Waals surface area contributed by atoms with Crippen LogP contribution in [0, 0.1) is 12.3 Å². The first-order valence-corrected chi connectivity index (χ1v) is 13.8. The number of β-amino-alcohol motifs (C(OH)–C–C–N with tert-alkyl or cyclic N) is 1. The number of pyridine rings is 1. The van der Waals surface area contributed by atoms with Gasteiger partial charge in [-0.1, -0.05) is 51.1 Å². The van der Waals surface area contributed by atoms with Gasteiger partial charge in [0.2, 0.25) is 11.8 Å². The Labute approximate surface area is 228 Å². The number of aliphatic hydroxyl groups excluding tert-OH is 1. The number of nitrogens with one attached hydrogen (secondary N) is 2. The number of carbonyl (C=O) groups is 2. The number of benzene rings is 1. The van der Waals surface area contributed by atoms with Gasteiger partial charge in [0.25, 0.3) is 0 Å². The van der Waals surface area contributed by atoms with Gasteiger partial charge < -0.3 is 20.6 Å². The highest BCUT2D eigenvalue weighted by atomic mass is 32.1. The first-order chi connectivity index (χ1) is 18.0. The van der Waals surface area contributed by atoms with Crippen molar-refractivity contribution in [3.8, 4) is 10.4 Å². The van der Waals surface area contributed by atoms with Gasteiger partial charge in [-0.25, -0.2) is 4.98 Å².